The summed E-state index contributed by atoms with van der Waals surface area (Å²) in [6.07, 6.45) is 33.2. The van der Waals surface area contributed by atoms with Crippen molar-refractivity contribution in [3.05, 3.63) is 12.2 Å². The number of rotatable bonds is 31. The molecule has 0 saturated heterocycles. The molecule has 0 aromatic carbocycles. The van der Waals surface area contributed by atoms with E-state index >= 15 is 0 Å². The summed E-state index contributed by atoms with van der Waals surface area (Å²) in [6.45, 7) is 4.10. The van der Waals surface area contributed by atoms with E-state index in [4.69, 9.17) is 0 Å². The highest BCUT2D eigenvalue weighted by molar-refractivity contribution is 5.76. The van der Waals surface area contributed by atoms with E-state index in [-0.39, 0.29) is 12.5 Å². The monoisotopic (exact) mass is 568 g/mol. The molecule has 0 bridgehead atoms. The maximum Gasteiger partial charge on any atom is 0.220 e. The summed E-state index contributed by atoms with van der Waals surface area (Å²) in [7, 11) is 0. The molecule has 238 valence electrons. The lowest BCUT2D eigenvalue weighted by Crippen LogP contribution is -2.50. The van der Waals surface area contributed by atoms with Crippen LogP contribution in [0.5, 0.6) is 0 Å². The third kappa shape index (κ3) is 26.0. The van der Waals surface area contributed by atoms with Gasteiger partial charge in [0.25, 0.3) is 0 Å². The average Bonchev–Trinajstić information content (AvgIpc) is 2.96. The fourth-order valence-corrected chi connectivity index (χ4v) is 5.34. The van der Waals surface area contributed by atoms with E-state index in [1.165, 1.54) is 116 Å². The maximum atomic E-state index is 12.3. The summed E-state index contributed by atoms with van der Waals surface area (Å²) in [5.41, 5.74) is 0. The number of amides is 1. The van der Waals surface area contributed by atoms with Crippen LogP contribution in [0.3, 0.4) is 0 Å². The number of carbonyl (C=O) groups is 1. The second kappa shape index (κ2) is 31.0. The third-order valence-corrected chi connectivity index (χ3v) is 8.12. The first-order valence-electron chi connectivity index (χ1n) is 17.5. The molecule has 0 aliphatic carbocycles. The molecule has 0 saturated carbocycles. The number of hydrogen-bond acceptors (Lipinski definition) is 4. The van der Waals surface area contributed by atoms with Crippen molar-refractivity contribution in [3.8, 4) is 0 Å². The van der Waals surface area contributed by atoms with E-state index in [2.05, 4.69) is 31.3 Å². The lowest BCUT2D eigenvalue weighted by atomic mass is 10.0. The number of nitrogens with one attached hydrogen (secondary N) is 1. The fourth-order valence-electron chi connectivity index (χ4n) is 5.34. The van der Waals surface area contributed by atoms with Gasteiger partial charge in [-0.2, -0.15) is 0 Å². The molecule has 0 aliphatic heterocycles. The van der Waals surface area contributed by atoms with Crippen molar-refractivity contribution in [2.24, 2.45) is 0 Å². The van der Waals surface area contributed by atoms with Crippen LogP contribution < -0.4 is 5.32 Å². The van der Waals surface area contributed by atoms with Crippen LogP contribution in [0.4, 0.5) is 0 Å². The first-order valence-corrected chi connectivity index (χ1v) is 17.5. The molecule has 0 aliphatic rings. The van der Waals surface area contributed by atoms with Gasteiger partial charge in [0, 0.05) is 6.42 Å². The number of allylic oxidation sites excluding steroid dienone is 2. The van der Waals surface area contributed by atoms with Crippen molar-refractivity contribution in [3.63, 3.8) is 0 Å². The van der Waals surface area contributed by atoms with Gasteiger partial charge in [-0.1, -0.05) is 148 Å². The van der Waals surface area contributed by atoms with E-state index < -0.39 is 18.2 Å². The van der Waals surface area contributed by atoms with E-state index in [9.17, 15) is 20.1 Å². The second-order valence-electron chi connectivity index (χ2n) is 12.1. The molecular weight excluding hydrogens is 498 g/mol. The molecule has 3 atom stereocenters. The van der Waals surface area contributed by atoms with Crippen molar-refractivity contribution in [2.75, 3.05) is 6.61 Å². The molecule has 5 nitrogen and oxygen atoms in total. The molecule has 0 heterocycles. The lowest BCUT2D eigenvalue weighted by molar-refractivity contribution is -0.124. The van der Waals surface area contributed by atoms with Gasteiger partial charge in [-0.25, -0.2) is 0 Å². The van der Waals surface area contributed by atoms with E-state index in [1.807, 2.05) is 0 Å². The van der Waals surface area contributed by atoms with Crippen LogP contribution in [0.1, 0.15) is 181 Å². The normalized spacial score (nSPS) is 14.0. The van der Waals surface area contributed by atoms with Gasteiger partial charge in [0.2, 0.25) is 5.91 Å². The summed E-state index contributed by atoms with van der Waals surface area (Å²) in [6, 6.07) is -0.817. The van der Waals surface area contributed by atoms with Crippen molar-refractivity contribution in [2.45, 2.75) is 199 Å². The summed E-state index contributed by atoms with van der Waals surface area (Å²) in [5, 5.41) is 33.1. The molecule has 0 aromatic heterocycles. The van der Waals surface area contributed by atoms with Gasteiger partial charge in [0.1, 0.15) is 6.10 Å². The van der Waals surface area contributed by atoms with Crippen molar-refractivity contribution in [1.29, 1.82) is 0 Å². The van der Waals surface area contributed by atoms with Crippen LogP contribution in [-0.2, 0) is 4.79 Å². The highest BCUT2D eigenvalue weighted by atomic mass is 16.3. The first-order chi connectivity index (χ1) is 19.6. The van der Waals surface area contributed by atoms with Crippen LogP contribution in [0, 0.1) is 0 Å². The Morgan fingerprint density at radius 2 is 1.00 bits per heavy atom. The van der Waals surface area contributed by atoms with Gasteiger partial charge >= 0.3 is 0 Å². The van der Waals surface area contributed by atoms with E-state index in [0.29, 0.717) is 12.8 Å². The predicted molar refractivity (Wildman–Crippen MR) is 172 cm³/mol. The van der Waals surface area contributed by atoms with Crippen molar-refractivity contribution in [1.82, 2.24) is 5.32 Å². The molecular formula is C35H69NO4. The predicted octanol–water partition coefficient (Wildman–Crippen LogP) is 8.92. The standard InChI is InChI=1S/C35H69NO4/c1-3-5-7-9-11-13-14-15-16-17-18-19-20-21-22-24-26-28-30-34(39)36-32(31-37)35(40)33(38)29-27-25-23-12-10-8-6-4-2/h12,23,32-33,35,37-38,40H,3-11,13-22,24-31H2,1-2H3,(H,36,39)/b23-12+. The Bertz CT molecular complexity index is 554. The van der Waals surface area contributed by atoms with E-state index in [0.717, 1.165) is 38.5 Å². The minimum absolute atomic E-state index is 0.156. The fraction of sp³-hybridized carbons (Fsp3) is 0.914. The van der Waals surface area contributed by atoms with Crippen LogP contribution in [0.15, 0.2) is 12.2 Å². The largest absolute Gasteiger partial charge is 0.394 e. The summed E-state index contributed by atoms with van der Waals surface area (Å²) >= 11 is 0. The van der Waals surface area contributed by atoms with Crippen LogP contribution in [0.2, 0.25) is 0 Å². The maximum absolute atomic E-state index is 12.3. The van der Waals surface area contributed by atoms with Crippen LogP contribution >= 0.6 is 0 Å². The molecule has 40 heavy (non-hydrogen) atoms. The Morgan fingerprint density at radius 3 is 1.45 bits per heavy atom. The Balaban J connectivity index is 3.64. The van der Waals surface area contributed by atoms with Crippen molar-refractivity contribution >= 4 is 5.91 Å². The number of hydrogen-bond donors (Lipinski definition) is 4. The third-order valence-electron chi connectivity index (χ3n) is 8.12. The van der Waals surface area contributed by atoms with Crippen LogP contribution in [-0.4, -0.2) is 46.1 Å². The number of aliphatic hydroxyl groups is 3. The molecule has 4 N–H and O–H groups in total. The zero-order valence-electron chi connectivity index (χ0n) is 26.7. The SMILES string of the molecule is CCCCC/C=C/CCCC(O)C(O)C(CO)NC(=O)CCCCCCCCCCCCCCCCCCCC. The zero-order valence-corrected chi connectivity index (χ0v) is 26.7. The summed E-state index contributed by atoms with van der Waals surface area (Å²) < 4.78 is 0. The number of aliphatic hydroxyl groups excluding tert-OH is 3. The van der Waals surface area contributed by atoms with Crippen LogP contribution in [0.25, 0.3) is 0 Å². The second-order valence-corrected chi connectivity index (χ2v) is 12.1. The van der Waals surface area contributed by atoms with Gasteiger partial charge in [-0.15, -0.1) is 0 Å². The average molecular weight is 568 g/mol. The quantitative estimate of drug-likeness (QED) is 0.0497. The first kappa shape index (κ1) is 39.1. The molecule has 3 unspecified atom stereocenters. The van der Waals surface area contributed by atoms with Gasteiger partial charge < -0.3 is 20.6 Å². The smallest absolute Gasteiger partial charge is 0.220 e. The topological polar surface area (TPSA) is 89.8 Å². The van der Waals surface area contributed by atoms with Gasteiger partial charge in [0.05, 0.1) is 18.8 Å². The van der Waals surface area contributed by atoms with Gasteiger partial charge in [0.15, 0.2) is 0 Å². The summed E-state index contributed by atoms with van der Waals surface area (Å²) in [4.78, 5) is 12.3. The molecule has 0 aromatic rings. The Labute approximate surface area is 249 Å². The summed E-state index contributed by atoms with van der Waals surface area (Å²) in [5.74, 6) is -0.156. The number of carbonyl (C=O) groups excluding carboxylic acids is 1. The Morgan fingerprint density at radius 1 is 0.600 bits per heavy atom. The van der Waals surface area contributed by atoms with Gasteiger partial charge in [-0.05, 0) is 38.5 Å². The molecule has 0 fully saturated rings. The zero-order chi connectivity index (χ0) is 29.5. The van der Waals surface area contributed by atoms with Crippen molar-refractivity contribution < 1.29 is 20.1 Å². The molecule has 0 radical (unpaired) electrons. The highest BCUT2D eigenvalue weighted by Crippen LogP contribution is 2.15. The molecule has 0 spiro atoms. The number of unbranched alkanes of at least 4 members (excludes halogenated alkanes) is 21. The highest BCUT2D eigenvalue weighted by Gasteiger charge is 2.26. The Hall–Kier alpha value is -0.910. The lowest BCUT2D eigenvalue weighted by Gasteiger charge is -2.26. The van der Waals surface area contributed by atoms with E-state index in [1.54, 1.807) is 0 Å². The van der Waals surface area contributed by atoms with Gasteiger partial charge in [-0.3, -0.25) is 4.79 Å². The Kier molecular flexibility index (Phi) is 30.3. The minimum Gasteiger partial charge on any atom is -0.394 e. The molecule has 0 rings (SSSR count). The molecule has 1 amide bonds. The minimum atomic E-state index is -1.15. The molecule has 5 heteroatoms.